The number of carbonyl (C=O) groups is 1. The number of aliphatic imine (C=N–C) groups is 1. The number of amidine groups is 1. The Balaban J connectivity index is 2.02. The molecule has 0 spiro atoms. The molecule has 1 amide bonds. The molecule has 1 aliphatic heterocycles. The van der Waals surface area contributed by atoms with Gasteiger partial charge in [-0.15, -0.1) is 0 Å². The lowest BCUT2D eigenvalue weighted by Gasteiger charge is -2.07. The van der Waals surface area contributed by atoms with Crippen molar-refractivity contribution < 1.29 is 13.9 Å². The van der Waals surface area contributed by atoms with Crippen LogP contribution in [0.3, 0.4) is 0 Å². The summed E-state index contributed by atoms with van der Waals surface area (Å²) in [5.41, 5.74) is 2.38. The molecule has 2 aromatic carbocycles. The van der Waals surface area contributed by atoms with Crippen molar-refractivity contribution in [1.29, 1.82) is 0 Å². The average molecular weight is 324 g/mol. The summed E-state index contributed by atoms with van der Waals surface area (Å²) in [6, 6.07) is 12.0. The first-order valence-corrected chi connectivity index (χ1v) is 7.66. The SMILES string of the molecule is CCc1ccc(OC)c(/C=C2/N=C(c3ccccc3F)NC2=O)c1. The van der Waals surface area contributed by atoms with Crippen molar-refractivity contribution in [3.8, 4) is 5.75 Å². The number of hydrogen-bond donors (Lipinski definition) is 1. The second-order valence-corrected chi connectivity index (χ2v) is 5.35. The van der Waals surface area contributed by atoms with Crippen LogP contribution in [0.2, 0.25) is 0 Å². The maximum Gasteiger partial charge on any atom is 0.275 e. The number of nitrogens with one attached hydrogen (secondary N) is 1. The van der Waals surface area contributed by atoms with Gasteiger partial charge < -0.3 is 10.1 Å². The number of halogens is 1. The topological polar surface area (TPSA) is 50.7 Å². The lowest BCUT2D eigenvalue weighted by atomic mass is 10.1. The molecule has 0 saturated heterocycles. The van der Waals surface area contributed by atoms with Crippen LogP contribution in [0.5, 0.6) is 5.75 Å². The number of ether oxygens (including phenoxy) is 1. The molecule has 0 saturated carbocycles. The molecule has 0 atom stereocenters. The van der Waals surface area contributed by atoms with Crippen molar-refractivity contribution in [2.24, 2.45) is 4.99 Å². The van der Waals surface area contributed by atoms with Crippen LogP contribution in [0.25, 0.3) is 6.08 Å². The monoisotopic (exact) mass is 324 g/mol. The Morgan fingerprint density at radius 3 is 2.75 bits per heavy atom. The second kappa shape index (κ2) is 6.66. The van der Waals surface area contributed by atoms with Crippen LogP contribution in [0.1, 0.15) is 23.6 Å². The number of carbonyl (C=O) groups excluding carboxylic acids is 1. The predicted octanol–water partition coefficient (Wildman–Crippen LogP) is 3.31. The van der Waals surface area contributed by atoms with Gasteiger partial charge in [0.15, 0.2) is 0 Å². The highest BCUT2D eigenvalue weighted by Crippen LogP contribution is 2.25. The van der Waals surface area contributed by atoms with Gasteiger partial charge in [-0.05, 0) is 42.3 Å². The van der Waals surface area contributed by atoms with Gasteiger partial charge in [0.25, 0.3) is 5.91 Å². The van der Waals surface area contributed by atoms with Crippen LogP contribution in [-0.2, 0) is 11.2 Å². The maximum atomic E-state index is 13.9. The van der Waals surface area contributed by atoms with E-state index >= 15 is 0 Å². The molecular formula is C19H17FN2O2. The zero-order valence-corrected chi connectivity index (χ0v) is 13.5. The highest BCUT2D eigenvalue weighted by molar-refractivity contribution is 6.19. The zero-order valence-electron chi connectivity index (χ0n) is 13.5. The first kappa shape index (κ1) is 15.9. The highest BCUT2D eigenvalue weighted by Gasteiger charge is 2.23. The molecule has 0 aliphatic carbocycles. The van der Waals surface area contributed by atoms with Crippen LogP contribution in [0, 0.1) is 5.82 Å². The van der Waals surface area contributed by atoms with Gasteiger partial charge in [-0.2, -0.15) is 0 Å². The number of methoxy groups -OCH3 is 1. The van der Waals surface area contributed by atoms with E-state index in [1.807, 2.05) is 18.2 Å². The Labute approximate surface area is 139 Å². The molecule has 1 heterocycles. The molecule has 0 bridgehead atoms. The van der Waals surface area contributed by atoms with Gasteiger partial charge in [0, 0.05) is 5.56 Å². The summed E-state index contributed by atoms with van der Waals surface area (Å²) in [5.74, 6) is 0.0811. The molecule has 1 aliphatic rings. The van der Waals surface area contributed by atoms with E-state index in [4.69, 9.17) is 4.74 Å². The van der Waals surface area contributed by atoms with E-state index in [0.717, 1.165) is 17.5 Å². The molecule has 4 nitrogen and oxygen atoms in total. The summed E-state index contributed by atoms with van der Waals surface area (Å²) >= 11 is 0. The number of amides is 1. The molecular weight excluding hydrogens is 307 g/mol. The summed E-state index contributed by atoms with van der Waals surface area (Å²) in [4.78, 5) is 16.4. The van der Waals surface area contributed by atoms with Crippen LogP contribution >= 0.6 is 0 Å². The van der Waals surface area contributed by atoms with Crippen molar-refractivity contribution in [1.82, 2.24) is 5.32 Å². The van der Waals surface area contributed by atoms with Crippen molar-refractivity contribution in [3.05, 3.63) is 70.7 Å². The molecule has 5 heteroatoms. The zero-order chi connectivity index (χ0) is 17.1. The molecule has 2 aromatic rings. The summed E-state index contributed by atoms with van der Waals surface area (Å²) < 4.78 is 19.2. The van der Waals surface area contributed by atoms with E-state index in [1.54, 1.807) is 31.4 Å². The fourth-order valence-corrected chi connectivity index (χ4v) is 2.51. The van der Waals surface area contributed by atoms with Gasteiger partial charge >= 0.3 is 0 Å². The van der Waals surface area contributed by atoms with Crippen molar-refractivity contribution in [2.75, 3.05) is 7.11 Å². The Morgan fingerprint density at radius 1 is 1.25 bits per heavy atom. The quantitative estimate of drug-likeness (QED) is 0.877. The number of nitrogens with zero attached hydrogens (tertiary/aromatic N) is 1. The Kier molecular flexibility index (Phi) is 4.42. The molecule has 0 radical (unpaired) electrons. The van der Waals surface area contributed by atoms with Crippen molar-refractivity contribution in [2.45, 2.75) is 13.3 Å². The predicted molar refractivity (Wildman–Crippen MR) is 91.4 cm³/mol. The van der Waals surface area contributed by atoms with Crippen LogP contribution in [0.15, 0.2) is 53.2 Å². The van der Waals surface area contributed by atoms with Crippen molar-refractivity contribution >= 4 is 17.8 Å². The minimum Gasteiger partial charge on any atom is -0.496 e. The number of aryl methyl sites for hydroxylation is 1. The molecule has 1 N–H and O–H groups in total. The summed E-state index contributed by atoms with van der Waals surface area (Å²) in [5, 5.41) is 2.61. The fraction of sp³-hybridized carbons (Fsp3) is 0.158. The van der Waals surface area contributed by atoms with E-state index in [9.17, 15) is 9.18 Å². The van der Waals surface area contributed by atoms with Crippen LogP contribution in [0.4, 0.5) is 4.39 Å². The third-order valence-electron chi connectivity index (χ3n) is 3.82. The largest absolute Gasteiger partial charge is 0.496 e. The van der Waals surface area contributed by atoms with E-state index in [0.29, 0.717) is 5.75 Å². The third-order valence-corrected chi connectivity index (χ3v) is 3.82. The third kappa shape index (κ3) is 3.06. The van der Waals surface area contributed by atoms with E-state index in [2.05, 4.69) is 17.2 Å². The van der Waals surface area contributed by atoms with E-state index < -0.39 is 5.82 Å². The first-order chi connectivity index (χ1) is 11.6. The second-order valence-electron chi connectivity index (χ2n) is 5.35. The normalized spacial score (nSPS) is 15.4. The number of rotatable bonds is 4. The van der Waals surface area contributed by atoms with E-state index in [1.165, 1.54) is 6.07 Å². The average Bonchev–Trinajstić information content (AvgIpc) is 2.95. The number of benzene rings is 2. The van der Waals surface area contributed by atoms with Gasteiger partial charge in [0.2, 0.25) is 0 Å². The van der Waals surface area contributed by atoms with Crippen LogP contribution in [-0.4, -0.2) is 18.9 Å². The summed E-state index contributed by atoms with van der Waals surface area (Å²) in [6.45, 7) is 2.05. The number of hydrogen-bond acceptors (Lipinski definition) is 3. The molecule has 0 aromatic heterocycles. The van der Waals surface area contributed by atoms with Crippen molar-refractivity contribution in [3.63, 3.8) is 0 Å². The fourth-order valence-electron chi connectivity index (χ4n) is 2.51. The molecule has 24 heavy (non-hydrogen) atoms. The highest BCUT2D eigenvalue weighted by atomic mass is 19.1. The summed E-state index contributed by atoms with van der Waals surface area (Å²) in [7, 11) is 1.58. The molecule has 0 fully saturated rings. The van der Waals surface area contributed by atoms with E-state index in [-0.39, 0.29) is 23.0 Å². The Morgan fingerprint density at radius 2 is 2.04 bits per heavy atom. The summed E-state index contributed by atoms with van der Waals surface area (Å²) in [6.07, 6.45) is 2.53. The minimum atomic E-state index is -0.427. The van der Waals surface area contributed by atoms with Crippen LogP contribution < -0.4 is 10.1 Å². The smallest absolute Gasteiger partial charge is 0.275 e. The molecule has 122 valence electrons. The van der Waals surface area contributed by atoms with Gasteiger partial charge in [-0.25, -0.2) is 9.38 Å². The Bertz CT molecular complexity index is 856. The first-order valence-electron chi connectivity index (χ1n) is 7.66. The van der Waals surface area contributed by atoms with Gasteiger partial charge in [0.05, 0.1) is 12.7 Å². The lowest BCUT2D eigenvalue weighted by molar-refractivity contribution is -0.115. The lowest BCUT2D eigenvalue weighted by Crippen LogP contribution is -2.25. The van der Waals surface area contributed by atoms with Gasteiger partial charge in [-0.1, -0.05) is 25.1 Å². The van der Waals surface area contributed by atoms with Gasteiger partial charge in [0.1, 0.15) is 23.1 Å². The Hall–Kier alpha value is -2.95. The molecule has 3 rings (SSSR count). The maximum absolute atomic E-state index is 13.9. The molecule has 0 unspecified atom stereocenters. The standard InChI is InChI=1S/C19H17FN2O2/c1-3-12-8-9-17(24-2)13(10-12)11-16-19(23)22-18(21-16)14-6-4-5-7-15(14)20/h4-11H,3H2,1-2H3,(H,21,22,23)/b16-11+. The van der Waals surface area contributed by atoms with Gasteiger partial charge in [-0.3, -0.25) is 4.79 Å². The minimum absolute atomic E-state index is 0.218.